The monoisotopic (exact) mass is 288 g/mol. The maximum Gasteiger partial charge on any atom is 0.466 e. The molecule has 0 saturated carbocycles. The maximum absolute atomic E-state index is 8.88. The van der Waals surface area contributed by atoms with E-state index in [9.17, 15) is 0 Å². The fourth-order valence-corrected chi connectivity index (χ4v) is 1.85. The Bertz CT molecular complexity index is 376. The standard InChI is InChI=1S/C14H22.H3O4P/c1-5-11(3)13-9-7-8-10-14(13)12(4)6-2;1-5(2,3)4/h7-12H,5-6H2,1-4H3;(H3,1,2,3,4). The lowest BCUT2D eigenvalue weighted by atomic mass is 9.87. The molecule has 110 valence electrons. The van der Waals surface area contributed by atoms with Gasteiger partial charge in [-0.1, -0.05) is 52.0 Å². The second-order valence-electron chi connectivity index (χ2n) is 4.76. The van der Waals surface area contributed by atoms with Crippen LogP contribution >= 0.6 is 7.82 Å². The minimum absolute atomic E-state index is 0.695. The number of rotatable bonds is 4. The van der Waals surface area contributed by atoms with Crippen molar-refractivity contribution in [3.05, 3.63) is 35.4 Å². The predicted octanol–water partition coefficient (Wildman–Crippen LogP) is 3.79. The molecule has 0 fully saturated rings. The Balaban J connectivity index is 0.000000555. The van der Waals surface area contributed by atoms with Crippen molar-refractivity contribution in [2.75, 3.05) is 0 Å². The van der Waals surface area contributed by atoms with Crippen molar-refractivity contribution in [1.82, 2.24) is 0 Å². The Morgan fingerprint density at radius 2 is 1.21 bits per heavy atom. The van der Waals surface area contributed by atoms with Gasteiger partial charge in [0.15, 0.2) is 0 Å². The van der Waals surface area contributed by atoms with Crippen LogP contribution in [0.25, 0.3) is 0 Å². The van der Waals surface area contributed by atoms with Crippen molar-refractivity contribution >= 4 is 7.82 Å². The molecule has 0 radical (unpaired) electrons. The van der Waals surface area contributed by atoms with E-state index < -0.39 is 7.82 Å². The lowest BCUT2D eigenvalue weighted by molar-refractivity contribution is 0.275. The molecular formula is C14H25O4P. The van der Waals surface area contributed by atoms with E-state index >= 15 is 0 Å². The van der Waals surface area contributed by atoms with Gasteiger partial charge in [-0.25, -0.2) is 4.57 Å². The summed E-state index contributed by atoms with van der Waals surface area (Å²) in [6, 6.07) is 8.89. The molecule has 1 aromatic rings. The average molecular weight is 288 g/mol. The Morgan fingerprint density at radius 3 is 1.42 bits per heavy atom. The van der Waals surface area contributed by atoms with E-state index in [0.29, 0.717) is 11.8 Å². The lowest BCUT2D eigenvalue weighted by Gasteiger charge is -2.18. The fourth-order valence-electron chi connectivity index (χ4n) is 1.85. The molecule has 5 heteroatoms. The first-order valence-electron chi connectivity index (χ1n) is 6.57. The molecule has 2 unspecified atom stereocenters. The lowest BCUT2D eigenvalue weighted by Crippen LogP contribution is -2.01. The molecule has 4 nitrogen and oxygen atoms in total. The van der Waals surface area contributed by atoms with Crippen LogP contribution in [-0.2, 0) is 4.57 Å². The van der Waals surface area contributed by atoms with Gasteiger partial charge in [0.1, 0.15) is 0 Å². The van der Waals surface area contributed by atoms with Gasteiger partial charge < -0.3 is 14.7 Å². The Kier molecular flexibility index (Phi) is 8.19. The van der Waals surface area contributed by atoms with Crippen LogP contribution in [0.2, 0.25) is 0 Å². The highest BCUT2D eigenvalue weighted by atomic mass is 31.2. The van der Waals surface area contributed by atoms with E-state index in [-0.39, 0.29) is 0 Å². The number of hydrogen-bond acceptors (Lipinski definition) is 1. The summed E-state index contributed by atoms with van der Waals surface area (Å²) in [4.78, 5) is 21.6. The zero-order chi connectivity index (χ0) is 15.1. The number of phosphoric acid groups is 1. The van der Waals surface area contributed by atoms with Crippen LogP contribution in [0.3, 0.4) is 0 Å². The molecule has 0 saturated heterocycles. The summed E-state index contributed by atoms with van der Waals surface area (Å²) in [5, 5.41) is 0. The summed E-state index contributed by atoms with van der Waals surface area (Å²) in [5.41, 5.74) is 3.09. The van der Waals surface area contributed by atoms with Gasteiger partial charge in [0.2, 0.25) is 0 Å². The first-order valence-corrected chi connectivity index (χ1v) is 8.14. The van der Waals surface area contributed by atoms with E-state index in [1.807, 2.05) is 0 Å². The van der Waals surface area contributed by atoms with Crippen molar-refractivity contribution < 1.29 is 19.2 Å². The summed E-state index contributed by atoms with van der Waals surface area (Å²) in [5.74, 6) is 1.39. The molecule has 19 heavy (non-hydrogen) atoms. The van der Waals surface area contributed by atoms with Gasteiger partial charge in [-0.15, -0.1) is 0 Å². The molecule has 0 aliphatic heterocycles. The van der Waals surface area contributed by atoms with Crippen molar-refractivity contribution in [3.63, 3.8) is 0 Å². The van der Waals surface area contributed by atoms with E-state index in [4.69, 9.17) is 19.2 Å². The average Bonchev–Trinajstić information content (AvgIpc) is 2.35. The molecule has 1 aromatic carbocycles. The molecule has 0 aliphatic rings. The van der Waals surface area contributed by atoms with Crippen molar-refractivity contribution in [1.29, 1.82) is 0 Å². The topological polar surface area (TPSA) is 77.8 Å². The van der Waals surface area contributed by atoms with Crippen LogP contribution in [0.1, 0.15) is 63.5 Å². The molecule has 0 aliphatic carbocycles. The predicted molar refractivity (Wildman–Crippen MR) is 78.1 cm³/mol. The molecule has 3 N–H and O–H groups in total. The molecular weight excluding hydrogens is 263 g/mol. The van der Waals surface area contributed by atoms with Crippen molar-refractivity contribution in [2.24, 2.45) is 0 Å². The molecule has 0 spiro atoms. The molecule has 0 heterocycles. The quantitative estimate of drug-likeness (QED) is 0.737. The van der Waals surface area contributed by atoms with E-state index in [1.165, 1.54) is 12.8 Å². The fraction of sp³-hybridized carbons (Fsp3) is 0.571. The van der Waals surface area contributed by atoms with Crippen molar-refractivity contribution in [2.45, 2.75) is 52.4 Å². The summed E-state index contributed by atoms with van der Waals surface area (Å²) in [6.07, 6.45) is 2.46. The molecule has 2 atom stereocenters. The highest BCUT2D eigenvalue weighted by Crippen LogP contribution is 2.29. The van der Waals surface area contributed by atoms with Crippen LogP contribution in [0.4, 0.5) is 0 Å². The molecule has 0 aromatic heterocycles. The molecule has 1 rings (SSSR count). The van der Waals surface area contributed by atoms with E-state index in [1.54, 1.807) is 11.1 Å². The van der Waals surface area contributed by atoms with Gasteiger partial charge in [0.05, 0.1) is 0 Å². The van der Waals surface area contributed by atoms with Crippen LogP contribution in [-0.4, -0.2) is 14.7 Å². The highest BCUT2D eigenvalue weighted by Gasteiger charge is 2.11. The van der Waals surface area contributed by atoms with Gasteiger partial charge in [0.25, 0.3) is 0 Å². The van der Waals surface area contributed by atoms with Gasteiger partial charge in [0, 0.05) is 0 Å². The Morgan fingerprint density at radius 1 is 0.947 bits per heavy atom. The number of benzene rings is 1. The first kappa shape index (κ1) is 18.3. The van der Waals surface area contributed by atoms with Crippen molar-refractivity contribution in [3.8, 4) is 0 Å². The normalized spacial score (nSPS) is 14.3. The Labute approximate surface area is 115 Å². The minimum Gasteiger partial charge on any atom is -0.303 e. The zero-order valence-electron chi connectivity index (χ0n) is 12.1. The van der Waals surface area contributed by atoms with Gasteiger partial charge in [-0.05, 0) is 35.8 Å². The SMILES string of the molecule is CCC(C)c1ccccc1C(C)CC.O=P(O)(O)O. The Hall–Kier alpha value is -0.670. The highest BCUT2D eigenvalue weighted by molar-refractivity contribution is 7.45. The molecule has 0 bridgehead atoms. The van der Waals surface area contributed by atoms with E-state index in [0.717, 1.165) is 0 Å². The number of hydrogen-bond donors (Lipinski definition) is 3. The second-order valence-corrected chi connectivity index (χ2v) is 5.79. The van der Waals surface area contributed by atoms with Crippen LogP contribution in [0, 0.1) is 0 Å². The third kappa shape index (κ3) is 8.17. The minimum atomic E-state index is -4.64. The summed E-state index contributed by atoms with van der Waals surface area (Å²) < 4.78 is 8.88. The summed E-state index contributed by atoms with van der Waals surface area (Å²) >= 11 is 0. The van der Waals surface area contributed by atoms with Gasteiger partial charge in [-0.2, -0.15) is 0 Å². The third-order valence-electron chi connectivity index (χ3n) is 3.28. The van der Waals surface area contributed by atoms with Crippen LogP contribution in [0.15, 0.2) is 24.3 Å². The smallest absolute Gasteiger partial charge is 0.303 e. The third-order valence-corrected chi connectivity index (χ3v) is 3.28. The maximum atomic E-state index is 8.88. The largest absolute Gasteiger partial charge is 0.466 e. The second kappa shape index (κ2) is 8.49. The zero-order valence-corrected chi connectivity index (χ0v) is 13.0. The van der Waals surface area contributed by atoms with Crippen LogP contribution in [0.5, 0.6) is 0 Å². The summed E-state index contributed by atoms with van der Waals surface area (Å²) in [7, 11) is -4.64. The summed E-state index contributed by atoms with van der Waals surface area (Å²) in [6.45, 7) is 9.17. The van der Waals surface area contributed by atoms with Crippen LogP contribution < -0.4 is 0 Å². The van der Waals surface area contributed by atoms with E-state index in [2.05, 4.69) is 52.0 Å². The van der Waals surface area contributed by atoms with Gasteiger partial charge in [-0.3, -0.25) is 0 Å². The van der Waals surface area contributed by atoms with Gasteiger partial charge >= 0.3 is 7.82 Å². The first-order chi connectivity index (χ1) is 8.70. The molecule has 0 amide bonds.